The molecule has 3 rings (SSSR count). The van der Waals surface area contributed by atoms with Gasteiger partial charge in [0.25, 0.3) is 5.56 Å². The molecule has 0 unspecified atom stereocenters. The Balaban J connectivity index is 2.01. The number of anilines is 1. The lowest BCUT2D eigenvalue weighted by Gasteiger charge is -2.05. The molecule has 0 saturated heterocycles. The summed E-state index contributed by atoms with van der Waals surface area (Å²) in [6.07, 6.45) is 1.56. The van der Waals surface area contributed by atoms with E-state index in [1.54, 1.807) is 56.1 Å². The standard InChI is InChI=1S/C16H18N6O3/c1-4-22-14(24)12-13(21(3)16(22)25)18-15(20(12)2)19-17-9-10-5-7-11(23)8-6-10/h5-9,23H,4H2,1-3H3,(H,18,19)/b17-9-. The van der Waals surface area contributed by atoms with Crippen LogP contribution in [0.3, 0.4) is 0 Å². The minimum Gasteiger partial charge on any atom is -0.508 e. The van der Waals surface area contributed by atoms with E-state index in [1.807, 2.05) is 0 Å². The Labute approximate surface area is 142 Å². The predicted molar refractivity (Wildman–Crippen MR) is 95.2 cm³/mol. The molecule has 2 aromatic heterocycles. The van der Waals surface area contributed by atoms with Crippen LogP contribution in [-0.2, 0) is 20.6 Å². The monoisotopic (exact) mass is 342 g/mol. The first-order valence-corrected chi connectivity index (χ1v) is 7.68. The number of hydrogen-bond acceptors (Lipinski definition) is 6. The lowest BCUT2D eigenvalue weighted by Crippen LogP contribution is -2.39. The van der Waals surface area contributed by atoms with Crippen molar-refractivity contribution in [1.29, 1.82) is 0 Å². The van der Waals surface area contributed by atoms with Gasteiger partial charge in [0.05, 0.1) is 6.21 Å². The van der Waals surface area contributed by atoms with Crippen molar-refractivity contribution in [1.82, 2.24) is 18.7 Å². The summed E-state index contributed by atoms with van der Waals surface area (Å²) in [5.74, 6) is 0.513. The maximum atomic E-state index is 12.5. The highest BCUT2D eigenvalue weighted by Gasteiger charge is 2.17. The number of aromatic hydroxyl groups is 1. The number of aromatic nitrogens is 4. The fraction of sp³-hybridized carbons (Fsp3) is 0.250. The van der Waals surface area contributed by atoms with Crippen molar-refractivity contribution in [3.05, 3.63) is 50.7 Å². The molecule has 2 heterocycles. The molecule has 0 fully saturated rings. The number of fused-ring (bicyclic) bond motifs is 1. The summed E-state index contributed by atoms with van der Waals surface area (Å²) >= 11 is 0. The Kier molecular flexibility index (Phi) is 4.14. The molecule has 1 aromatic carbocycles. The minimum atomic E-state index is -0.405. The highest BCUT2D eigenvalue weighted by molar-refractivity contribution is 5.80. The van der Waals surface area contributed by atoms with Crippen molar-refractivity contribution in [2.24, 2.45) is 19.2 Å². The summed E-state index contributed by atoms with van der Waals surface area (Å²) in [6, 6.07) is 6.52. The van der Waals surface area contributed by atoms with Crippen molar-refractivity contribution >= 4 is 23.3 Å². The molecule has 9 nitrogen and oxygen atoms in total. The summed E-state index contributed by atoms with van der Waals surface area (Å²) in [4.78, 5) is 29.0. The first kappa shape index (κ1) is 16.5. The summed E-state index contributed by atoms with van der Waals surface area (Å²) in [7, 11) is 3.26. The Morgan fingerprint density at radius 2 is 1.88 bits per heavy atom. The number of phenols is 1. The normalized spacial score (nSPS) is 11.5. The molecule has 0 atom stereocenters. The highest BCUT2D eigenvalue weighted by Crippen LogP contribution is 2.13. The number of nitrogens with zero attached hydrogens (tertiary/aromatic N) is 5. The highest BCUT2D eigenvalue weighted by atomic mass is 16.3. The average Bonchev–Trinajstić information content (AvgIpc) is 2.92. The van der Waals surface area contributed by atoms with Crippen LogP contribution in [0.2, 0.25) is 0 Å². The number of rotatable bonds is 4. The van der Waals surface area contributed by atoms with Crippen LogP contribution in [0.1, 0.15) is 12.5 Å². The average molecular weight is 342 g/mol. The fourth-order valence-electron chi connectivity index (χ4n) is 2.55. The van der Waals surface area contributed by atoms with E-state index in [-0.39, 0.29) is 17.9 Å². The zero-order valence-corrected chi connectivity index (χ0v) is 14.1. The molecule has 0 radical (unpaired) electrons. The topological polar surface area (TPSA) is 106 Å². The second kappa shape index (κ2) is 6.27. The van der Waals surface area contributed by atoms with E-state index in [2.05, 4.69) is 15.5 Å². The van der Waals surface area contributed by atoms with E-state index in [1.165, 1.54) is 4.57 Å². The predicted octanol–water partition coefficient (Wildman–Crippen LogP) is 0.605. The summed E-state index contributed by atoms with van der Waals surface area (Å²) in [5.41, 5.74) is 3.39. The van der Waals surface area contributed by atoms with Gasteiger partial charge in [0, 0.05) is 20.6 Å². The van der Waals surface area contributed by atoms with E-state index < -0.39 is 5.69 Å². The molecule has 2 N–H and O–H groups in total. The van der Waals surface area contributed by atoms with Crippen molar-refractivity contribution in [3.8, 4) is 5.75 Å². The third-order valence-corrected chi connectivity index (χ3v) is 3.95. The summed E-state index contributed by atoms with van der Waals surface area (Å²) in [5, 5.41) is 13.3. The maximum absolute atomic E-state index is 12.5. The largest absolute Gasteiger partial charge is 0.508 e. The van der Waals surface area contributed by atoms with E-state index in [4.69, 9.17) is 0 Å². The SMILES string of the molecule is CCn1c(=O)c2c(nc(N/N=C\c3ccc(O)cc3)n2C)n(C)c1=O. The van der Waals surface area contributed by atoms with E-state index in [9.17, 15) is 14.7 Å². The second-order valence-electron chi connectivity index (χ2n) is 5.52. The zero-order valence-electron chi connectivity index (χ0n) is 14.1. The number of hydrazone groups is 1. The molecule has 25 heavy (non-hydrogen) atoms. The Morgan fingerprint density at radius 3 is 2.52 bits per heavy atom. The van der Waals surface area contributed by atoms with Crippen LogP contribution in [0.4, 0.5) is 5.95 Å². The van der Waals surface area contributed by atoms with Gasteiger partial charge in [-0.3, -0.25) is 13.9 Å². The minimum absolute atomic E-state index is 0.175. The third-order valence-electron chi connectivity index (χ3n) is 3.95. The van der Waals surface area contributed by atoms with Gasteiger partial charge in [0.15, 0.2) is 11.2 Å². The molecular weight excluding hydrogens is 324 g/mol. The van der Waals surface area contributed by atoms with E-state index >= 15 is 0 Å². The summed E-state index contributed by atoms with van der Waals surface area (Å²) < 4.78 is 4.07. The Morgan fingerprint density at radius 1 is 1.20 bits per heavy atom. The van der Waals surface area contributed by atoms with Crippen LogP contribution < -0.4 is 16.7 Å². The van der Waals surface area contributed by atoms with Crippen molar-refractivity contribution in [2.75, 3.05) is 5.43 Å². The van der Waals surface area contributed by atoms with Gasteiger partial charge in [-0.25, -0.2) is 10.2 Å². The maximum Gasteiger partial charge on any atom is 0.332 e. The fourth-order valence-corrected chi connectivity index (χ4v) is 2.55. The van der Waals surface area contributed by atoms with E-state index in [0.29, 0.717) is 17.1 Å². The second-order valence-corrected chi connectivity index (χ2v) is 5.52. The van der Waals surface area contributed by atoms with Crippen molar-refractivity contribution < 1.29 is 5.11 Å². The molecular formula is C16H18N6O3. The molecule has 0 aliphatic heterocycles. The molecule has 0 aliphatic carbocycles. The van der Waals surface area contributed by atoms with Crippen molar-refractivity contribution in [3.63, 3.8) is 0 Å². The first-order valence-electron chi connectivity index (χ1n) is 7.68. The van der Waals surface area contributed by atoms with Crippen LogP contribution >= 0.6 is 0 Å². The third kappa shape index (κ3) is 2.80. The lowest BCUT2D eigenvalue weighted by atomic mass is 10.2. The molecule has 0 amide bonds. The number of hydrogen-bond donors (Lipinski definition) is 2. The molecule has 0 saturated carbocycles. The van der Waals surface area contributed by atoms with Crippen LogP contribution in [0.15, 0.2) is 39.0 Å². The molecule has 0 aliphatic rings. The molecule has 3 aromatic rings. The number of phenolic OH excluding ortho intramolecular Hbond substituents is 1. The zero-order chi connectivity index (χ0) is 18.1. The number of benzene rings is 1. The van der Waals surface area contributed by atoms with Crippen LogP contribution in [0, 0.1) is 0 Å². The Hall–Kier alpha value is -3.36. The van der Waals surface area contributed by atoms with Gasteiger partial charge in [0.1, 0.15) is 5.75 Å². The molecule has 0 bridgehead atoms. The lowest BCUT2D eigenvalue weighted by molar-refractivity contribution is 0.475. The summed E-state index contributed by atoms with van der Waals surface area (Å²) in [6.45, 7) is 2.03. The van der Waals surface area contributed by atoms with Gasteiger partial charge in [-0.1, -0.05) is 0 Å². The van der Waals surface area contributed by atoms with Crippen molar-refractivity contribution in [2.45, 2.75) is 13.5 Å². The van der Waals surface area contributed by atoms with Gasteiger partial charge in [-0.15, -0.1) is 0 Å². The quantitative estimate of drug-likeness (QED) is 0.533. The number of imidazole rings is 1. The van der Waals surface area contributed by atoms with Gasteiger partial charge < -0.3 is 9.67 Å². The van der Waals surface area contributed by atoms with Gasteiger partial charge in [0.2, 0.25) is 5.95 Å². The van der Waals surface area contributed by atoms with Crippen LogP contribution in [0.25, 0.3) is 11.2 Å². The van der Waals surface area contributed by atoms with Crippen LogP contribution in [0.5, 0.6) is 5.75 Å². The molecule has 130 valence electrons. The first-order chi connectivity index (χ1) is 11.9. The van der Waals surface area contributed by atoms with Crippen LogP contribution in [-0.4, -0.2) is 30.0 Å². The number of aryl methyl sites for hydroxylation is 2. The van der Waals surface area contributed by atoms with Gasteiger partial charge in [-0.05, 0) is 36.8 Å². The van der Waals surface area contributed by atoms with E-state index in [0.717, 1.165) is 10.1 Å². The molecule has 9 heteroatoms. The van der Waals surface area contributed by atoms with Gasteiger partial charge in [-0.2, -0.15) is 10.1 Å². The molecule has 0 spiro atoms. The number of nitrogens with one attached hydrogen (secondary N) is 1. The Bertz CT molecular complexity index is 1070. The smallest absolute Gasteiger partial charge is 0.332 e. The van der Waals surface area contributed by atoms with Gasteiger partial charge >= 0.3 is 5.69 Å².